The van der Waals surface area contributed by atoms with Crippen molar-refractivity contribution < 1.29 is 9.47 Å². The third-order valence-electron chi connectivity index (χ3n) is 4.50. The predicted octanol–water partition coefficient (Wildman–Crippen LogP) is 2.11. The Bertz CT molecular complexity index is 546. The average Bonchev–Trinajstić information content (AvgIpc) is 3.49. The summed E-state index contributed by atoms with van der Waals surface area (Å²) in [5, 5.41) is 6.75. The lowest BCUT2D eigenvalue weighted by atomic mass is 10.2. The van der Waals surface area contributed by atoms with Gasteiger partial charge in [-0.15, -0.1) is 0 Å². The van der Waals surface area contributed by atoms with Crippen LogP contribution in [0, 0.1) is 5.92 Å². The van der Waals surface area contributed by atoms with E-state index in [-0.39, 0.29) is 0 Å². The van der Waals surface area contributed by atoms with Crippen molar-refractivity contribution in [3.05, 3.63) is 29.8 Å². The number of nitrogens with zero attached hydrogens (tertiary/aromatic N) is 2. The molecule has 0 amide bonds. The Balaban J connectivity index is 1.68. The standard InChI is InChI=1S/C20H34N4O2/c1-21-20(22-11-6-12-24(2)13-14-25-3)23-15-18-7-4-5-8-19(18)26-16-17-9-10-17/h4-5,7-8,17H,6,9-16H2,1-3H3,(H2,21,22,23). The highest BCUT2D eigenvalue weighted by Gasteiger charge is 2.22. The number of guanidine groups is 1. The minimum absolute atomic E-state index is 0.703. The summed E-state index contributed by atoms with van der Waals surface area (Å²) in [6.45, 7) is 5.19. The molecule has 6 heteroatoms. The van der Waals surface area contributed by atoms with E-state index in [9.17, 15) is 0 Å². The number of ether oxygens (including phenoxy) is 2. The minimum Gasteiger partial charge on any atom is -0.493 e. The second-order valence-electron chi connectivity index (χ2n) is 6.86. The zero-order valence-electron chi connectivity index (χ0n) is 16.5. The van der Waals surface area contributed by atoms with Crippen molar-refractivity contribution in [1.29, 1.82) is 0 Å². The lowest BCUT2D eigenvalue weighted by molar-refractivity contribution is 0.161. The number of aliphatic imine (C=N–C) groups is 1. The monoisotopic (exact) mass is 362 g/mol. The van der Waals surface area contributed by atoms with E-state index >= 15 is 0 Å². The number of hydrogen-bond acceptors (Lipinski definition) is 4. The molecular weight excluding hydrogens is 328 g/mol. The Labute approximate surface area is 158 Å². The number of benzene rings is 1. The van der Waals surface area contributed by atoms with E-state index in [2.05, 4.69) is 33.6 Å². The van der Waals surface area contributed by atoms with Gasteiger partial charge in [0.15, 0.2) is 5.96 Å². The van der Waals surface area contributed by atoms with E-state index in [1.165, 1.54) is 12.8 Å². The Hall–Kier alpha value is -1.79. The highest BCUT2D eigenvalue weighted by molar-refractivity contribution is 5.79. The molecule has 6 nitrogen and oxygen atoms in total. The van der Waals surface area contributed by atoms with Gasteiger partial charge in [0, 0.05) is 39.4 Å². The fraction of sp³-hybridized carbons (Fsp3) is 0.650. The van der Waals surface area contributed by atoms with Crippen molar-refractivity contribution >= 4 is 5.96 Å². The van der Waals surface area contributed by atoms with Crippen molar-refractivity contribution in [2.75, 3.05) is 54.1 Å². The lowest BCUT2D eigenvalue weighted by Gasteiger charge is -2.17. The largest absolute Gasteiger partial charge is 0.493 e. The molecular formula is C20H34N4O2. The highest BCUT2D eigenvalue weighted by Crippen LogP contribution is 2.30. The van der Waals surface area contributed by atoms with E-state index in [1.54, 1.807) is 14.2 Å². The highest BCUT2D eigenvalue weighted by atomic mass is 16.5. The van der Waals surface area contributed by atoms with Gasteiger partial charge in [0.25, 0.3) is 0 Å². The molecule has 0 saturated heterocycles. The van der Waals surface area contributed by atoms with Crippen LogP contribution in [0.5, 0.6) is 5.75 Å². The molecule has 0 atom stereocenters. The fourth-order valence-corrected chi connectivity index (χ4v) is 2.60. The van der Waals surface area contributed by atoms with Crippen LogP contribution in [0.15, 0.2) is 29.3 Å². The molecule has 1 aromatic carbocycles. The Kier molecular flexibility index (Phi) is 9.28. The first-order valence-electron chi connectivity index (χ1n) is 9.55. The normalized spacial score (nSPS) is 14.5. The molecule has 1 fully saturated rings. The van der Waals surface area contributed by atoms with Crippen LogP contribution >= 0.6 is 0 Å². The third-order valence-corrected chi connectivity index (χ3v) is 4.50. The van der Waals surface area contributed by atoms with Gasteiger partial charge in [-0.3, -0.25) is 4.99 Å². The van der Waals surface area contributed by atoms with Crippen molar-refractivity contribution in [1.82, 2.24) is 15.5 Å². The van der Waals surface area contributed by atoms with E-state index in [0.29, 0.717) is 6.54 Å². The van der Waals surface area contributed by atoms with E-state index < -0.39 is 0 Å². The molecule has 0 aliphatic heterocycles. The lowest BCUT2D eigenvalue weighted by Crippen LogP contribution is -2.38. The summed E-state index contributed by atoms with van der Waals surface area (Å²) < 4.78 is 11.1. The van der Waals surface area contributed by atoms with Gasteiger partial charge in [0.05, 0.1) is 13.2 Å². The van der Waals surface area contributed by atoms with Gasteiger partial charge in [-0.25, -0.2) is 0 Å². The minimum atomic E-state index is 0.703. The molecule has 146 valence electrons. The van der Waals surface area contributed by atoms with Crippen LogP contribution in [0.25, 0.3) is 0 Å². The molecule has 0 aromatic heterocycles. The fourth-order valence-electron chi connectivity index (χ4n) is 2.60. The SMILES string of the molecule is CN=C(NCCCN(C)CCOC)NCc1ccccc1OCC1CC1. The van der Waals surface area contributed by atoms with Gasteiger partial charge in [0.2, 0.25) is 0 Å². The average molecular weight is 363 g/mol. The van der Waals surface area contributed by atoms with Crippen LogP contribution in [0.4, 0.5) is 0 Å². The number of para-hydroxylation sites is 1. The molecule has 0 bridgehead atoms. The molecule has 1 aromatic rings. The first kappa shape index (κ1) is 20.5. The van der Waals surface area contributed by atoms with Gasteiger partial charge in [-0.1, -0.05) is 18.2 Å². The number of hydrogen-bond donors (Lipinski definition) is 2. The van der Waals surface area contributed by atoms with Gasteiger partial charge in [-0.05, 0) is 44.8 Å². The summed E-state index contributed by atoms with van der Waals surface area (Å²) >= 11 is 0. The van der Waals surface area contributed by atoms with Crippen LogP contribution in [-0.2, 0) is 11.3 Å². The molecule has 1 saturated carbocycles. The zero-order chi connectivity index (χ0) is 18.6. The topological polar surface area (TPSA) is 58.1 Å². The van der Waals surface area contributed by atoms with Gasteiger partial charge in [0.1, 0.15) is 5.75 Å². The van der Waals surface area contributed by atoms with E-state index in [0.717, 1.165) is 62.5 Å². The first-order chi connectivity index (χ1) is 12.7. The smallest absolute Gasteiger partial charge is 0.191 e. The van der Waals surface area contributed by atoms with Crippen LogP contribution < -0.4 is 15.4 Å². The molecule has 0 heterocycles. The number of methoxy groups -OCH3 is 1. The summed E-state index contributed by atoms with van der Waals surface area (Å²) in [7, 11) is 5.65. The summed E-state index contributed by atoms with van der Waals surface area (Å²) in [5.74, 6) is 2.55. The summed E-state index contributed by atoms with van der Waals surface area (Å²) in [6.07, 6.45) is 3.66. The Morgan fingerprint density at radius 3 is 2.77 bits per heavy atom. The number of rotatable bonds is 12. The quantitative estimate of drug-likeness (QED) is 0.339. The van der Waals surface area contributed by atoms with Gasteiger partial charge >= 0.3 is 0 Å². The second kappa shape index (κ2) is 11.8. The van der Waals surface area contributed by atoms with Crippen LogP contribution in [0.2, 0.25) is 0 Å². The molecule has 1 aliphatic carbocycles. The summed E-state index contributed by atoms with van der Waals surface area (Å²) in [6, 6.07) is 8.23. The molecule has 26 heavy (non-hydrogen) atoms. The van der Waals surface area contributed by atoms with Crippen LogP contribution in [0.1, 0.15) is 24.8 Å². The van der Waals surface area contributed by atoms with Crippen molar-refractivity contribution in [2.24, 2.45) is 10.9 Å². The van der Waals surface area contributed by atoms with E-state index in [4.69, 9.17) is 9.47 Å². The molecule has 2 rings (SSSR count). The van der Waals surface area contributed by atoms with Crippen molar-refractivity contribution in [3.8, 4) is 5.75 Å². The molecule has 0 radical (unpaired) electrons. The predicted molar refractivity (Wildman–Crippen MR) is 107 cm³/mol. The summed E-state index contributed by atoms with van der Waals surface area (Å²) in [5.41, 5.74) is 1.16. The molecule has 2 N–H and O–H groups in total. The summed E-state index contributed by atoms with van der Waals surface area (Å²) in [4.78, 5) is 6.58. The first-order valence-corrected chi connectivity index (χ1v) is 9.55. The third kappa shape index (κ3) is 8.06. The van der Waals surface area contributed by atoms with Gasteiger partial charge < -0.3 is 25.0 Å². The maximum atomic E-state index is 5.97. The Morgan fingerprint density at radius 2 is 2.04 bits per heavy atom. The maximum Gasteiger partial charge on any atom is 0.191 e. The molecule has 0 spiro atoms. The number of likely N-dealkylation sites (N-methyl/N-ethyl adjacent to an activating group) is 1. The molecule has 1 aliphatic rings. The van der Waals surface area contributed by atoms with Crippen molar-refractivity contribution in [2.45, 2.75) is 25.8 Å². The zero-order valence-corrected chi connectivity index (χ0v) is 16.5. The maximum absolute atomic E-state index is 5.97. The van der Waals surface area contributed by atoms with Crippen LogP contribution in [-0.4, -0.2) is 64.9 Å². The molecule has 0 unspecified atom stereocenters. The van der Waals surface area contributed by atoms with E-state index in [1.807, 2.05) is 18.2 Å². The van der Waals surface area contributed by atoms with Crippen molar-refractivity contribution in [3.63, 3.8) is 0 Å². The van der Waals surface area contributed by atoms with Crippen LogP contribution in [0.3, 0.4) is 0 Å². The Morgan fingerprint density at radius 1 is 1.23 bits per heavy atom. The van der Waals surface area contributed by atoms with Gasteiger partial charge in [-0.2, -0.15) is 0 Å². The second-order valence-corrected chi connectivity index (χ2v) is 6.86. The number of nitrogens with one attached hydrogen (secondary N) is 2.